The van der Waals surface area contributed by atoms with E-state index in [4.69, 9.17) is 5.21 Å². The molecule has 64 valence electrons. The summed E-state index contributed by atoms with van der Waals surface area (Å²) in [4.78, 5) is 4.20. The fourth-order valence-corrected chi connectivity index (χ4v) is 0.910. The Balaban J connectivity index is 3.03. The van der Waals surface area contributed by atoms with Gasteiger partial charge in [0, 0.05) is 18.3 Å². The van der Waals surface area contributed by atoms with Crippen molar-refractivity contribution in [3.05, 3.63) is 23.4 Å². The second-order valence-electron chi connectivity index (χ2n) is 2.37. The third-order valence-electron chi connectivity index (χ3n) is 1.58. The van der Waals surface area contributed by atoms with E-state index in [1.165, 1.54) is 6.21 Å². The minimum atomic E-state index is 0.808. The van der Waals surface area contributed by atoms with Crippen molar-refractivity contribution in [1.82, 2.24) is 4.98 Å². The molecule has 12 heavy (non-hydrogen) atoms. The van der Waals surface area contributed by atoms with E-state index in [9.17, 15) is 0 Å². The second-order valence-corrected chi connectivity index (χ2v) is 2.37. The average molecular weight is 165 g/mol. The van der Waals surface area contributed by atoms with Crippen LogP contribution in [0.15, 0.2) is 17.3 Å². The molecule has 0 aromatic carbocycles. The van der Waals surface area contributed by atoms with Crippen LogP contribution in [0.2, 0.25) is 0 Å². The largest absolute Gasteiger partial charge is 0.411 e. The first-order valence-electron chi connectivity index (χ1n) is 3.60. The number of nitrogens with zero attached hydrogens (tertiary/aromatic N) is 2. The van der Waals surface area contributed by atoms with Gasteiger partial charge in [0.1, 0.15) is 5.82 Å². The zero-order valence-corrected chi connectivity index (χ0v) is 7.07. The Bertz CT molecular complexity index is 296. The summed E-state index contributed by atoms with van der Waals surface area (Å²) in [6, 6.07) is 3.66. The molecule has 4 nitrogen and oxygen atoms in total. The number of aryl methyl sites for hydroxylation is 1. The zero-order chi connectivity index (χ0) is 8.97. The second kappa shape index (κ2) is 3.71. The number of pyridine rings is 1. The molecule has 0 aliphatic heterocycles. The Morgan fingerprint density at radius 2 is 2.33 bits per heavy atom. The van der Waals surface area contributed by atoms with E-state index in [1.807, 2.05) is 26.1 Å². The number of nitrogens with one attached hydrogen (secondary N) is 1. The van der Waals surface area contributed by atoms with E-state index in [-0.39, 0.29) is 0 Å². The normalized spacial score (nSPS) is 10.5. The predicted octanol–water partition coefficient (Wildman–Crippen LogP) is 1.24. The van der Waals surface area contributed by atoms with Gasteiger partial charge in [-0.15, -0.1) is 0 Å². The van der Waals surface area contributed by atoms with E-state index < -0.39 is 0 Å². The Labute approximate surface area is 70.9 Å². The molecule has 0 unspecified atom stereocenters. The fourth-order valence-electron chi connectivity index (χ4n) is 0.910. The van der Waals surface area contributed by atoms with Crippen molar-refractivity contribution in [2.75, 3.05) is 12.4 Å². The van der Waals surface area contributed by atoms with Crippen LogP contribution in [0.1, 0.15) is 11.3 Å². The quantitative estimate of drug-likeness (QED) is 0.394. The molecule has 0 radical (unpaired) electrons. The molecular weight excluding hydrogens is 154 g/mol. The van der Waals surface area contributed by atoms with Crippen LogP contribution >= 0.6 is 0 Å². The molecule has 4 heteroatoms. The molecule has 0 saturated heterocycles. The van der Waals surface area contributed by atoms with E-state index >= 15 is 0 Å². The summed E-state index contributed by atoms with van der Waals surface area (Å²) >= 11 is 0. The molecule has 0 aliphatic rings. The highest BCUT2D eigenvalue weighted by Crippen LogP contribution is 2.07. The van der Waals surface area contributed by atoms with Crippen LogP contribution in [0.3, 0.4) is 0 Å². The molecule has 1 aromatic heterocycles. The van der Waals surface area contributed by atoms with Gasteiger partial charge in [-0.25, -0.2) is 4.98 Å². The summed E-state index contributed by atoms with van der Waals surface area (Å²) in [6.07, 6.45) is 1.36. The number of hydrogen-bond acceptors (Lipinski definition) is 4. The highest BCUT2D eigenvalue weighted by Gasteiger charge is 1.97. The Kier molecular flexibility index (Phi) is 2.63. The van der Waals surface area contributed by atoms with Crippen LogP contribution < -0.4 is 5.32 Å². The Morgan fingerprint density at radius 1 is 1.58 bits per heavy atom. The minimum absolute atomic E-state index is 0.808. The van der Waals surface area contributed by atoms with E-state index in [1.54, 1.807) is 0 Å². The van der Waals surface area contributed by atoms with Crippen molar-refractivity contribution < 1.29 is 5.21 Å². The third kappa shape index (κ3) is 1.72. The van der Waals surface area contributed by atoms with Crippen molar-refractivity contribution in [2.45, 2.75) is 6.92 Å². The van der Waals surface area contributed by atoms with Gasteiger partial charge in [0.05, 0.1) is 6.21 Å². The van der Waals surface area contributed by atoms with Gasteiger partial charge < -0.3 is 10.5 Å². The summed E-state index contributed by atoms with van der Waals surface area (Å²) in [5.74, 6) is 0.808. The number of rotatable bonds is 2. The third-order valence-corrected chi connectivity index (χ3v) is 1.58. The predicted molar refractivity (Wildman–Crippen MR) is 47.9 cm³/mol. The maximum absolute atomic E-state index is 8.30. The lowest BCUT2D eigenvalue weighted by Gasteiger charge is -2.01. The molecule has 0 saturated carbocycles. The molecule has 0 amide bonds. The van der Waals surface area contributed by atoms with Crippen LogP contribution in [0.25, 0.3) is 0 Å². The summed E-state index contributed by atoms with van der Waals surface area (Å²) in [6.45, 7) is 1.86. The SMILES string of the molecule is CNc1ccc(/C=N\O)c(C)n1. The van der Waals surface area contributed by atoms with E-state index in [0.717, 1.165) is 17.1 Å². The zero-order valence-electron chi connectivity index (χ0n) is 7.07. The van der Waals surface area contributed by atoms with Gasteiger partial charge in [-0.3, -0.25) is 0 Å². The standard InChI is InChI=1S/C8H11N3O/c1-6-7(5-10-12)3-4-8(9-2)11-6/h3-5,12H,1-2H3,(H,9,11)/b10-5-. The maximum atomic E-state index is 8.30. The first-order valence-corrected chi connectivity index (χ1v) is 3.60. The number of aromatic nitrogens is 1. The van der Waals surface area contributed by atoms with Crippen LogP contribution in [-0.4, -0.2) is 23.5 Å². The minimum Gasteiger partial charge on any atom is -0.411 e. The summed E-state index contributed by atoms with van der Waals surface area (Å²) in [5, 5.41) is 14.2. The lowest BCUT2D eigenvalue weighted by Crippen LogP contribution is -1.97. The van der Waals surface area contributed by atoms with Gasteiger partial charge in [0.2, 0.25) is 0 Å². The molecule has 1 aromatic rings. The Hall–Kier alpha value is -1.58. The fraction of sp³-hybridized carbons (Fsp3) is 0.250. The van der Waals surface area contributed by atoms with Crippen molar-refractivity contribution in [3.8, 4) is 0 Å². The molecule has 2 N–H and O–H groups in total. The smallest absolute Gasteiger partial charge is 0.125 e. The van der Waals surface area contributed by atoms with Gasteiger partial charge in [0.25, 0.3) is 0 Å². The number of oxime groups is 1. The van der Waals surface area contributed by atoms with E-state index in [2.05, 4.69) is 15.5 Å². The van der Waals surface area contributed by atoms with Crippen molar-refractivity contribution in [1.29, 1.82) is 0 Å². The highest BCUT2D eigenvalue weighted by atomic mass is 16.4. The van der Waals surface area contributed by atoms with Crippen LogP contribution in [-0.2, 0) is 0 Å². The van der Waals surface area contributed by atoms with Crippen LogP contribution in [0.5, 0.6) is 0 Å². The van der Waals surface area contributed by atoms with E-state index in [0.29, 0.717) is 0 Å². The number of anilines is 1. The monoisotopic (exact) mass is 165 g/mol. The maximum Gasteiger partial charge on any atom is 0.125 e. The molecule has 0 bridgehead atoms. The molecule has 1 rings (SSSR count). The van der Waals surface area contributed by atoms with Crippen molar-refractivity contribution >= 4 is 12.0 Å². The summed E-state index contributed by atoms with van der Waals surface area (Å²) < 4.78 is 0. The van der Waals surface area contributed by atoms with Gasteiger partial charge in [-0.2, -0.15) is 0 Å². The number of hydrogen-bond donors (Lipinski definition) is 2. The lowest BCUT2D eigenvalue weighted by atomic mass is 10.2. The lowest BCUT2D eigenvalue weighted by molar-refractivity contribution is 0.322. The highest BCUT2D eigenvalue weighted by molar-refractivity contribution is 5.80. The first-order chi connectivity index (χ1) is 5.77. The summed E-state index contributed by atoms with van der Waals surface area (Å²) in [7, 11) is 1.81. The van der Waals surface area contributed by atoms with Gasteiger partial charge in [-0.1, -0.05) is 5.16 Å². The molecule has 0 fully saturated rings. The van der Waals surface area contributed by atoms with Crippen molar-refractivity contribution in [2.24, 2.45) is 5.16 Å². The van der Waals surface area contributed by atoms with Crippen molar-refractivity contribution in [3.63, 3.8) is 0 Å². The molecule has 0 spiro atoms. The summed E-state index contributed by atoms with van der Waals surface area (Å²) in [5.41, 5.74) is 1.65. The Morgan fingerprint density at radius 3 is 2.83 bits per heavy atom. The van der Waals surface area contributed by atoms with Crippen LogP contribution in [0.4, 0.5) is 5.82 Å². The first kappa shape index (κ1) is 8.52. The van der Waals surface area contributed by atoms with Gasteiger partial charge in [0.15, 0.2) is 0 Å². The molecule has 0 atom stereocenters. The molecule has 1 heterocycles. The molecular formula is C8H11N3O. The van der Waals surface area contributed by atoms with Gasteiger partial charge in [-0.05, 0) is 19.1 Å². The average Bonchev–Trinajstić information content (AvgIpc) is 2.09. The van der Waals surface area contributed by atoms with Crippen LogP contribution in [0, 0.1) is 6.92 Å². The topological polar surface area (TPSA) is 57.5 Å². The molecule has 0 aliphatic carbocycles. The van der Waals surface area contributed by atoms with Gasteiger partial charge >= 0.3 is 0 Å².